The molecule has 0 unspecified atom stereocenters. The van der Waals surface area contributed by atoms with Gasteiger partial charge in [0.2, 0.25) is 0 Å². The van der Waals surface area contributed by atoms with Crippen molar-refractivity contribution < 1.29 is 14.3 Å². The van der Waals surface area contributed by atoms with Crippen molar-refractivity contribution in [2.24, 2.45) is 0 Å². The second-order valence-corrected chi connectivity index (χ2v) is 8.54. The van der Waals surface area contributed by atoms with E-state index in [0.29, 0.717) is 24.0 Å². The molecule has 2 aromatic carbocycles. The number of amides is 2. The summed E-state index contributed by atoms with van der Waals surface area (Å²) in [4.78, 5) is 19.4. The highest BCUT2D eigenvalue weighted by Gasteiger charge is 2.26. The van der Waals surface area contributed by atoms with Crippen LogP contribution < -0.4 is 14.8 Å². The quantitative estimate of drug-likeness (QED) is 0.634. The van der Waals surface area contributed by atoms with E-state index >= 15 is 0 Å². The lowest BCUT2D eigenvalue weighted by molar-refractivity contribution is 0.180. The molecule has 1 saturated heterocycles. The van der Waals surface area contributed by atoms with Crippen LogP contribution in [0.4, 0.5) is 4.79 Å². The Morgan fingerprint density at radius 1 is 1.20 bits per heavy atom. The number of fused-ring (bicyclic) bond motifs is 1. The van der Waals surface area contributed by atoms with Crippen LogP contribution in [-0.4, -0.2) is 49.8 Å². The highest BCUT2D eigenvalue weighted by Crippen LogP contribution is 2.33. The first kappa shape index (κ1) is 20.5. The maximum atomic E-state index is 12.7. The Hall–Kier alpha value is -2.80. The Bertz CT molecular complexity index is 987. The molecule has 6 nitrogen and oxygen atoms in total. The first-order chi connectivity index (χ1) is 14.7. The van der Waals surface area contributed by atoms with Crippen LogP contribution in [0.25, 0.3) is 10.2 Å². The van der Waals surface area contributed by atoms with Crippen molar-refractivity contribution in [3.05, 3.63) is 53.0 Å². The van der Waals surface area contributed by atoms with Gasteiger partial charge < -0.3 is 19.7 Å². The maximum Gasteiger partial charge on any atom is 0.317 e. The Morgan fingerprint density at radius 2 is 2.03 bits per heavy atom. The minimum atomic E-state index is 0.00119. The Morgan fingerprint density at radius 3 is 2.83 bits per heavy atom. The van der Waals surface area contributed by atoms with Crippen LogP contribution in [0.15, 0.2) is 42.5 Å². The monoisotopic (exact) mass is 425 g/mol. The molecule has 2 heterocycles. The molecule has 1 atom stereocenters. The lowest BCUT2D eigenvalue weighted by atomic mass is 9.99. The number of thiazole rings is 1. The van der Waals surface area contributed by atoms with Crippen LogP contribution in [0.5, 0.6) is 11.5 Å². The molecule has 3 aromatic rings. The molecular formula is C23H27N3O3S. The molecule has 1 aromatic heterocycles. The van der Waals surface area contributed by atoms with E-state index in [-0.39, 0.29) is 6.03 Å². The number of ether oxygens (including phenoxy) is 2. The van der Waals surface area contributed by atoms with Gasteiger partial charge in [-0.2, -0.15) is 0 Å². The Balaban J connectivity index is 1.32. The van der Waals surface area contributed by atoms with Crippen molar-refractivity contribution >= 4 is 27.6 Å². The molecule has 0 bridgehead atoms. The predicted octanol–water partition coefficient (Wildman–Crippen LogP) is 4.45. The number of para-hydroxylation sites is 1. The van der Waals surface area contributed by atoms with E-state index in [1.807, 2.05) is 35.2 Å². The number of nitrogens with one attached hydrogen (secondary N) is 1. The summed E-state index contributed by atoms with van der Waals surface area (Å²) in [6.07, 6.45) is 2.82. The van der Waals surface area contributed by atoms with Crippen molar-refractivity contribution in [1.29, 1.82) is 0 Å². The minimum absolute atomic E-state index is 0.00119. The van der Waals surface area contributed by atoms with Gasteiger partial charge in [-0.15, -0.1) is 11.3 Å². The molecule has 2 amide bonds. The standard InChI is InChI=1S/C23H27N3O3S/c1-28-19-10-9-16(14-20(19)29-2)11-12-24-23(27)26-13-5-6-17(15-26)22-25-18-7-3-4-8-21(18)30-22/h3-4,7-10,14,17H,5-6,11-13,15H2,1-2H3,(H,24,27)/t17-/m1/s1. The van der Waals surface area contributed by atoms with Crippen molar-refractivity contribution in [3.63, 3.8) is 0 Å². The third-order valence-electron chi connectivity index (χ3n) is 5.51. The summed E-state index contributed by atoms with van der Waals surface area (Å²) >= 11 is 1.75. The number of aromatic nitrogens is 1. The smallest absolute Gasteiger partial charge is 0.317 e. The van der Waals surface area contributed by atoms with Crippen molar-refractivity contribution in [2.75, 3.05) is 33.9 Å². The second-order valence-electron chi connectivity index (χ2n) is 7.48. The molecule has 1 N–H and O–H groups in total. The number of nitrogens with zero attached hydrogens (tertiary/aromatic N) is 2. The van der Waals surface area contributed by atoms with E-state index in [4.69, 9.17) is 14.5 Å². The molecule has 1 fully saturated rings. The number of urea groups is 1. The first-order valence-electron chi connectivity index (χ1n) is 10.3. The van der Waals surface area contributed by atoms with Gasteiger partial charge in [0.1, 0.15) is 0 Å². The molecule has 158 valence electrons. The summed E-state index contributed by atoms with van der Waals surface area (Å²) in [5.74, 6) is 1.73. The largest absolute Gasteiger partial charge is 0.493 e. The number of benzene rings is 2. The summed E-state index contributed by atoms with van der Waals surface area (Å²) in [5, 5.41) is 4.20. The fourth-order valence-electron chi connectivity index (χ4n) is 3.89. The van der Waals surface area contributed by atoms with Gasteiger partial charge in [-0.3, -0.25) is 0 Å². The zero-order valence-electron chi connectivity index (χ0n) is 17.4. The minimum Gasteiger partial charge on any atom is -0.493 e. The Kier molecular flexibility index (Phi) is 6.38. The van der Waals surface area contributed by atoms with Crippen molar-refractivity contribution in [3.8, 4) is 11.5 Å². The highest BCUT2D eigenvalue weighted by molar-refractivity contribution is 7.18. The average molecular weight is 426 g/mol. The van der Waals surface area contributed by atoms with Gasteiger partial charge in [0.05, 0.1) is 29.4 Å². The van der Waals surface area contributed by atoms with Crippen molar-refractivity contribution in [2.45, 2.75) is 25.2 Å². The van der Waals surface area contributed by atoms with Gasteiger partial charge in [0.25, 0.3) is 0 Å². The fraction of sp³-hybridized carbons (Fsp3) is 0.391. The predicted molar refractivity (Wildman–Crippen MR) is 120 cm³/mol. The molecule has 4 rings (SSSR count). The number of methoxy groups -OCH3 is 2. The number of carbonyl (C=O) groups excluding carboxylic acids is 1. The topological polar surface area (TPSA) is 63.7 Å². The van der Waals surface area contributed by atoms with Crippen LogP contribution in [0.3, 0.4) is 0 Å². The van der Waals surface area contributed by atoms with E-state index in [1.165, 1.54) is 4.70 Å². The zero-order chi connectivity index (χ0) is 20.9. The lowest BCUT2D eigenvalue weighted by Gasteiger charge is -2.31. The second kappa shape index (κ2) is 9.34. The van der Waals surface area contributed by atoms with Gasteiger partial charge in [-0.1, -0.05) is 18.2 Å². The average Bonchev–Trinajstić information content (AvgIpc) is 3.23. The summed E-state index contributed by atoms with van der Waals surface area (Å²) in [7, 11) is 3.25. The molecule has 0 saturated carbocycles. The van der Waals surface area contributed by atoms with Crippen LogP contribution in [0, 0.1) is 0 Å². The third-order valence-corrected chi connectivity index (χ3v) is 6.71. The number of carbonyl (C=O) groups is 1. The molecule has 1 aliphatic heterocycles. The Labute approximate surface area is 180 Å². The highest BCUT2D eigenvalue weighted by atomic mass is 32.1. The van der Waals surface area contributed by atoms with Crippen LogP contribution in [0.2, 0.25) is 0 Å². The van der Waals surface area contributed by atoms with Crippen molar-refractivity contribution in [1.82, 2.24) is 15.2 Å². The SMILES string of the molecule is COc1ccc(CCNC(=O)N2CCC[C@@H](c3nc4ccccc4s3)C2)cc1OC. The third kappa shape index (κ3) is 4.51. The molecule has 1 aliphatic rings. The zero-order valence-corrected chi connectivity index (χ0v) is 18.2. The van der Waals surface area contributed by atoms with E-state index in [0.717, 1.165) is 48.4 Å². The van der Waals surface area contributed by atoms with Gasteiger partial charge in [-0.05, 0) is 49.1 Å². The number of hydrogen-bond acceptors (Lipinski definition) is 5. The maximum absolute atomic E-state index is 12.7. The van der Waals surface area contributed by atoms with E-state index in [1.54, 1.807) is 25.6 Å². The summed E-state index contributed by atoms with van der Waals surface area (Å²) in [6, 6.07) is 14.1. The number of likely N-dealkylation sites (tertiary alicyclic amines) is 1. The summed E-state index contributed by atoms with van der Waals surface area (Å²) in [5.41, 5.74) is 2.15. The van der Waals surface area contributed by atoms with Crippen LogP contribution >= 0.6 is 11.3 Å². The van der Waals surface area contributed by atoms with Crippen LogP contribution in [0.1, 0.15) is 29.3 Å². The molecular weight excluding hydrogens is 398 g/mol. The van der Waals surface area contributed by atoms with Gasteiger partial charge in [0, 0.05) is 25.6 Å². The molecule has 0 radical (unpaired) electrons. The molecule has 7 heteroatoms. The van der Waals surface area contributed by atoms with E-state index in [9.17, 15) is 4.79 Å². The first-order valence-corrected chi connectivity index (χ1v) is 11.1. The lowest BCUT2D eigenvalue weighted by Crippen LogP contribution is -2.45. The van der Waals surface area contributed by atoms with Crippen LogP contribution in [-0.2, 0) is 6.42 Å². The van der Waals surface area contributed by atoms with E-state index < -0.39 is 0 Å². The molecule has 0 spiro atoms. The van der Waals surface area contributed by atoms with Gasteiger partial charge in [-0.25, -0.2) is 9.78 Å². The molecule has 30 heavy (non-hydrogen) atoms. The van der Waals surface area contributed by atoms with Gasteiger partial charge in [0.15, 0.2) is 11.5 Å². The number of piperidine rings is 1. The van der Waals surface area contributed by atoms with Gasteiger partial charge >= 0.3 is 6.03 Å². The number of rotatable bonds is 6. The van der Waals surface area contributed by atoms with E-state index in [2.05, 4.69) is 17.4 Å². The summed E-state index contributed by atoms with van der Waals surface area (Å²) < 4.78 is 11.8. The normalized spacial score (nSPS) is 16.5. The summed E-state index contributed by atoms with van der Waals surface area (Å²) in [6.45, 7) is 2.10. The fourth-order valence-corrected chi connectivity index (χ4v) is 4.98. The number of hydrogen-bond donors (Lipinski definition) is 1. The molecule has 0 aliphatic carbocycles.